The molecule has 0 radical (unpaired) electrons. The van der Waals surface area contributed by atoms with Crippen LogP contribution < -0.4 is 20.3 Å². The standard InChI is InChI=1S/C16H11F2N5O4/c1-8-10(7-19-23(8)13-4-5-14(24)22-21-13)15(25)20-9-2-3-11-12(6-9)27-16(17,18)26-11/h2-7H,1H3,(H,20,25)(H,22,24). The molecule has 3 aromatic rings. The number of amides is 1. The van der Waals surface area contributed by atoms with Crippen molar-refractivity contribution in [1.29, 1.82) is 0 Å². The van der Waals surface area contributed by atoms with Crippen molar-refractivity contribution < 1.29 is 23.0 Å². The highest BCUT2D eigenvalue weighted by Gasteiger charge is 2.43. The second kappa shape index (κ2) is 5.90. The molecule has 0 bridgehead atoms. The number of nitrogens with zero attached hydrogens (tertiary/aromatic N) is 3. The first-order valence-electron chi connectivity index (χ1n) is 7.64. The van der Waals surface area contributed by atoms with Gasteiger partial charge in [0.05, 0.1) is 17.5 Å². The molecule has 0 atom stereocenters. The van der Waals surface area contributed by atoms with Gasteiger partial charge in [0.1, 0.15) is 0 Å². The summed E-state index contributed by atoms with van der Waals surface area (Å²) in [4.78, 5) is 23.6. The smallest absolute Gasteiger partial charge is 0.395 e. The Kier molecular flexibility index (Phi) is 3.65. The van der Waals surface area contributed by atoms with Crippen LogP contribution >= 0.6 is 0 Å². The quantitative estimate of drug-likeness (QED) is 0.723. The van der Waals surface area contributed by atoms with Crippen LogP contribution in [0.1, 0.15) is 16.1 Å². The van der Waals surface area contributed by atoms with E-state index in [1.807, 2.05) is 0 Å². The maximum absolute atomic E-state index is 13.1. The Balaban J connectivity index is 1.56. The van der Waals surface area contributed by atoms with Crippen molar-refractivity contribution in [2.24, 2.45) is 0 Å². The Bertz CT molecular complexity index is 1090. The number of fused-ring (bicyclic) bond motifs is 1. The fourth-order valence-corrected chi connectivity index (χ4v) is 2.54. The molecular formula is C16H11F2N5O4. The predicted octanol–water partition coefficient (Wildman–Crippen LogP) is 1.84. The zero-order valence-corrected chi connectivity index (χ0v) is 13.7. The number of hydrogen-bond donors (Lipinski definition) is 2. The minimum Gasteiger partial charge on any atom is -0.395 e. The molecule has 9 nitrogen and oxygen atoms in total. The van der Waals surface area contributed by atoms with Crippen molar-refractivity contribution in [2.45, 2.75) is 13.2 Å². The SMILES string of the molecule is Cc1c(C(=O)Nc2ccc3c(c2)OC(F)(F)O3)cnn1-c1ccc(=O)[nH]n1. The number of ether oxygens (including phenoxy) is 2. The summed E-state index contributed by atoms with van der Waals surface area (Å²) in [5.41, 5.74) is 0.592. The van der Waals surface area contributed by atoms with Gasteiger partial charge in [-0.25, -0.2) is 9.78 Å². The Morgan fingerprint density at radius 2 is 2.00 bits per heavy atom. The number of benzene rings is 1. The van der Waals surface area contributed by atoms with Gasteiger partial charge < -0.3 is 14.8 Å². The maximum atomic E-state index is 13.1. The molecule has 27 heavy (non-hydrogen) atoms. The molecule has 0 spiro atoms. The second-order valence-corrected chi connectivity index (χ2v) is 5.62. The average molecular weight is 375 g/mol. The van der Waals surface area contributed by atoms with E-state index < -0.39 is 12.2 Å². The number of nitrogens with one attached hydrogen (secondary N) is 2. The molecule has 1 aliphatic rings. The summed E-state index contributed by atoms with van der Waals surface area (Å²) >= 11 is 0. The Hall–Kier alpha value is -3.76. The van der Waals surface area contributed by atoms with Crippen LogP contribution in [0.3, 0.4) is 0 Å². The average Bonchev–Trinajstić information content (AvgIpc) is 3.13. The molecule has 4 rings (SSSR count). The largest absolute Gasteiger partial charge is 0.586 e. The van der Waals surface area contributed by atoms with Crippen molar-refractivity contribution in [3.63, 3.8) is 0 Å². The highest BCUT2D eigenvalue weighted by Crippen LogP contribution is 2.42. The van der Waals surface area contributed by atoms with Gasteiger partial charge in [-0.3, -0.25) is 9.59 Å². The lowest BCUT2D eigenvalue weighted by atomic mass is 10.2. The van der Waals surface area contributed by atoms with Crippen molar-refractivity contribution >= 4 is 11.6 Å². The molecule has 2 aromatic heterocycles. The lowest BCUT2D eigenvalue weighted by Crippen LogP contribution is -2.25. The molecule has 0 aliphatic carbocycles. The molecule has 1 aromatic carbocycles. The molecule has 3 heterocycles. The summed E-state index contributed by atoms with van der Waals surface area (Å²) < 4.78 is 36.2. The highest BCUT2D eigenvalue weighted by atomic mass is 19.3. The number of hydrogen-bond acceptors (Lipinski definition) is 6. The van der Waals surface area contributed by atoms with Gasteiger partial charge in [-0.1, -0.05) is 0 Å². The van der Waals surface area contributed by atoms with Crippen LogP contribution in [-0.4, -0.2) is 32.2 Å². The monoisotopic (exact) mass is 375 g/mol. The van der Waals surface area contributed by atoms with Gasteiger partial charge in [-0.2, -0.15) is 10.2 Å². The third-order valence-corrected chi connectivity index (χ3v) is 3.79. The molecule has 138 valence electrons. The van der Waals surface area contributed by atoms with Crippen LogP contribution in [-0.2, 0) is 0 Å². The van der Waals surface area contributed by atoms with Crippen LogP contribution in [0.15, 0.2) is 41.3 Å². The van der Waals surface area contributed by atoms with Crippen LogP contribution in [0.5, 0.6) is 11.5 Å². The zero-order valence-electron chi connectivity index (χ0n) is 13.7. The van der Waals surface area contributed by atoms with Crippen LogP contribution in [0.4, 0.5) is 14.5 Å². The zero-order chi connectivity index (χ0) is 19.2. The predicted molar refractivity (Wildman–Crippen MR) is 87.3 cm³/mol. The lowest BCUT2D eigenvalue weighted by Gasteiger charge is -2.06. The van der Waals surface area contributed by atoms with Gasteiger partial charge in [-0.15, -0.1) is 8.78 Å². The number of halogens is 2. The van der Waals surface area contributed by atoms with Gasteiger partial charge in [-0.05, 0) is 25.1 Å². The first-order valence-corrected chi connectivity index (χ1v) is 7.64. The Morgan fingerprint density at radius 3 is 2.74 bits per heavy atom. The molecule has 0 unspecified atom stereocenters. The second-order valence-electron chi connectivity index (χ2n) is 5.62. The normalized spacial score (nSPS) is 14.2. The molecule has 0 saturated carbocycles. The Labute approximate surface area is 149 Å². The van der Waals surface area contributed by atoms with Crippen LogP contribution in [0.25, 0.3) is 5.82 Å². The van der Waals surface area contributed by atoms with E-state index >= 15 is 0 Å². The van der Waals surface area contributed by atoms with Gasteiger partial charge >= 0.3 is 6.29 Å². The van der Waals surface area contributed by atoms with E-state index in [4.69, 9.17) is 0 Å². The summed E-state index contributed by atoms with van der Waals surface area (Å²) in [7, 11) is 0. The van der Waals surface area contributed by atoms with E-state index in [-0.39, 0.29) is 28.3 Å². The summed E-state index contributed by atoms with van der Waals surface area (Å²) in [6.07, 6.45) is -2.40. The van der Waals surface area contributed by atoms with E-state index in [0.717, 1.165) is 0 Å². The molecule has 0 saturated heterocycles. The maximum Gasteiger partial charge on any atom is 0.586 e. The summed E-state index contributed by atoms with van der Waals surface area (Å²) in [6, 6.07) is 6.65. The molecule has 11 heteroatoms. The lowest BCUT2D eigenvalue weighted by molar-refractivity contribution is -0.286. The fraction of sp³-hybridized carbons (Fsp3) is 0.125. The van der Waals surface area contributed by atoms with E-state index in [9.17, 15) is 18.4 Å². The Morgan fingerprint density at radius 1 is 1.22 bits per heavy atom. The van der Waals surface area contributed by atoms with E-state index in [1.165, 1.54) is 41.2 Å². The molecule has 1 amide bonds. The number of anilines is 1. The van der Waals surface area contributed by atoms with Crippen LogP contribution in [0.2, 0.25) is 0 Å². The molecule has 2 N–H and O–H groups in total. The number of H-pyrrole nitrogens is 1. The van der Waals surface area contributed by atoms with Crippen molar-refractivity contribution in [3.05, 3.63) is 58.1 Å². The first-order chi connectivity index (χ1) is 12.8. The van der Waals surface area contributed by atoms with Crippen molar-refractivity contribution in [2.75, 3.05) is 5.32 Å². The van der Waals surface area contributed by atoms with Crippen molar-refractivity contribution in [1.82, 2.24) is 20.0 Å². The minimum atomic E-state index is -3.73. The number of aromatic nitrogens is 4. The van der Waals surface area contributed by atoms with E-state index in [2.05, 4.69) is 30.1 Å². The topological polar surface area (TPSA) is 111 Å². The first kappa shape index (κ1) is 16.7. The third kappa shape index (κ3) is 3.10. The molecule has 0 fully saturated rings. The number of alkyl halides is 2. The summed E-state index contributed by atoms with van der Waals surface area (Å²) in [5.74, 6) is -0.473. The number of rotatable bonds is 3. The summed E-state index contributed by atoms with van der Waals surface area (Å²) in [5, 5.41) is 12.8. The highest BCUT2D eigenvalue weighted by molar-refractivity contribution is 6.05. The van der Waals surface area contributed by atoms with E-state index in [0.29, 0.717) is 11.5 Å². The van der Waals surface area contributed by atoms with Crippen LogP contribution in [0, 0.1) is 6.92 Å². The van der Waals surface area contributed by atoms with Gasteiger partial charge in [0.25, 0.3) is 11.5 Å². The van der Waals surface area contributed by atoms with Gasteiger partial charge in [0.15, 0.2) is 17.3 Å². The summed E-state index contributed by atoms with van der Waals surface area (Å²) in [6.45, 7) is 1.65. The minimum absolute atomic E-state index is 0.119. The van der Waals surface area contributed by atoms with Crippen molar-refractivity contribution in [3.8, 4) is 17.3 Å². The fourth-order valence-electron chi connectivity index (χ4n) is 2.54. The molecular weight excluding hydrogens is 364 g/mol. The molecule has 1 aliphatic heterocycles. The van der Waals surface area contributed by atoms with Gasteiger partial charge in [0.2, 0.25) is 0 Å². The number of aromatic amines is 1. The third-order valence-electron chi connectivity index (χ3n) is 3.79. The number of carbonyl (C=O) groups excluding carboxylic acids is 1. The van der Waals surface area contributed by atoms with Gasteiger partial charge in [0, 0.05) is 17.8 Å². The van der Waals surface area contributed by atoms with E-state index in [1.54, 1.807) is 6.92 Å². The number of carbonyl (C=O) groups is 1.